The number of aromatic nitrogens is 2. The highest BCUT2D eigenvalue weighted by Crippen LogP contribution is 2.45. The summed E-state index contributed by atoms with van der Waals surface area (Å²) in [5, 5.41) is 0. The molecule has 150 valence electrons. The van der Waals surface area contributed by atoms with Gasteiger partial charge in [0, 0.05) is 69.5 Å². The molecule has 0 unspecified atom stereocenters. The van der Waals surface area contributed by atoms with Crippen molar-refractivity contribution in [2.45, 2.75) is 0 Å². The second kappa shape index (κ2) is 7.25. The number of rotatable bonds is 5. The molecule has 0 amide bonds. The number of nitrogens with zero attached hydrogens (tertiary/aromatic N) is 6. The fourth-order valence-electron chi connectivity index (χ4n) is 4.73. The molecule has 0 aliphatic carbocycles. The molecular weight excluding hydrogens is 368 g/mol. The molecule has 3 aliphatic heterocycles. The van der Waals surface area contributed by atoms with Gasteiger partial charge in [-0.2, -0.15) is 17.0 Å². The van der Waals surface area contributed by atoms with E-state index >= 15 is 0 Å². The molecule has 9 nitrogen and oxygen atoms in total. The van der Waals surface area contributed by atoms with E-state index in [0.29, 0.717) is 39.4 Å². The van der Waals surface area contributed by atoms with Gasteiger partial charge in [-0.1, -0.05) is 0 Å². The zero-order valence-corrected chi connectivity index (χ0v) is 16.8. The van der Waals surface area contributed by atoms with Crippen molar-refractivity contribution in [3.05, 3.63) is 18.6 Å². The van der Waals surface area contributed by atoms with Crippen molar-refractivity contribution >= 4 is 16.0 Å². The molecule has 0 spiro atoms. The second-order valence-electron chi connectivity index (χ2n) is 8.05. The van der Waals surface area contributed by atoms with E-state index in [9.17, 15) is 8.42 Å². The summed E-state index contributed by atoms with van der Waals surface area (Å²) in [6, 6.07) is 0. The third kappa shape index (κ3) is 3.56. The first-order valence-electron chi connectivity index (χ1n) is 9.39. The van der Waals surface area contributed by atoms with Crippen molar-refractivity contribution in [2.75, 3.05) is 78.0 Å². The standard InChI is InChI=1S/C17H28N6O3S/c1-20(2)12-17-13-21(16-9-18-3-4-19-16)10-15(17)11-23(14-17)27(24,25)22-5-7-26-8-6-22/h3-4,9,15H,5-8,10-14H2,1-2H3/t15-,17+/m0/s1. The maximum atomic E-state index is 13.1. The highest BCUT2D eigenvalue weighted by atomic mass is 32.2. The van der Waals surface area contributed by atoms with E-state index in [1.54, 1.807) is 27.2 Å². The lowest BCUT2D eigenvalue weighted by Crippen LogP contribution is -2.49. The lowest BCUT2D eigenvalue weighted by Gasteiger charge is -2.34. The lowest BCUT2D eigenvalue weighted by atomic mass is 9.80. The summed E-state index contributed by atoms with van der Waals surface area (Å²) in [6.45, 7) is 5.39. The molecule has 0 N–H and O–H groups in total. The van der Waals surface area contributed by atoms with Gasteiger partial charge in [0.15, 0.2) is 0 Å². The van der Waals surface area contributed by atoms with Gasteiger partial charge in [0.05, 0.1) is 19.4 Å². The summed E-state index contributed by atoms with van der Waals surface area (Å²) in [7, 11) is 0.665. The topological polar surface area (TPSA) is 82.1 Å². The number of hydrogen-bond acceptors (Lipinski definition) is 7. The van der Waals surface area contributed by atoms with Crippen LogP contribution < -0.4 is 4.90 Å². The van der Waals surface area contributed by atoms with Gasteiger partial charge in [0.25, 0.3) is 10.2 Å². The maximum absolute atomic E-state index is 13.1. The molecule has 1 aromatic heterocycles. The molecule has 4 heterocycles. The van der Waals surface area contributed by atoms with Gasteiger partial charge in [-0.25, -0.2) is 4.98 Å². The Labute approximate surface area is 161 Å². The maximum Gasteiger partial charge on any atom is 0.282 e. The van der Waals surface area contributed by atoms with E-state index in [1.165, 1.54) is 0 Å². The van der Waals surface area contributed by atoms with E-state index in [0.717, 1.165) is 25.5 Å². The minimum absolute atomic E-state index is 0.0968. The quantitative estimate of drug-likeness (QED) is 0.654. The SMILES string of the molecule is CN(C)C[C@]12CN(c3cnccn3)C[C@H]1CN(S(=O)(=O)N1CCOCC1)C2. The number of hydrogen-bond donors (Lipinski definition) is 0. The van der Waals surface area contributed by atoms with Crippen LogP contribution in [0.15, 0.2) is 18.6 Å². The predicted octanol–water partition coefficient (Wildman–Crippen LogP) is -0.647. The van der Waals surface area contributed by atoms with Crippen LogP contribution >= 0.6 is 0 Å². The van der Waals surface area contributed by atoms with E-state index in [1.807, 2.05) is 0 Å². The minimum atomic E-state index is -3.44. The van der Waals surface area contributed by atoms with Gasteiger partial charge in [-0.15, -0.1) is 0 Å². The van der Waals surface area contributed by atoms with Crippen molar-refractivity contribution in [1.82, 2.24) is 23.5 Å². The van der Waals surface area contributed by atoms with Crippen LogP contribution in [0.4, 0.5) is 5.82 Å². The molecule has 10 heteroatoms. The van der Waals surface area contributed by atoms with Crippen molar-refractivity contribution in [3.63, 3.8) is 0 Å². The third-order valence-corrected chi connectivity index (χ3v) is 7.80. The van der Waals surface area contributed by atoms with E-state index in [-0.39, 0.29) is 11.3 Å². The number of fused-ring (bicyclic) bond motifs is 1. The highest BCUT2D eigenvalue weighted by molar-refractivity contribution is 7.86. The minimum Gasteiger partial charge on any atom is -0.379 e. The summed E-state index contributed by atoms with van der Waals surface area (Å²) in [4.78, 5) is 13.0. The first kappa shape index (κ1) is 19.0. The Morgan fingerprint density at radius 2 is 1.96 bits per heavy atom. The fourth-order valence-corrected chi connectivity index (χ4v) is 6.46. The van der Waals surface area contributed by atoms with Crippen LogP contribution in [0, 0.1) is 11.3 Å². The van der Waals surface area contributed by atoms with Crippen LogP contribution in [0.5, 0.6) is 0 Å². The highest BCUT2D eigenvalue weighted by Gasteiger charge is 2.56. The second-order valence-corrected chi connectivity index (χ2v) is 9.98. The van der Waals surface area contributed by atoms with Crippen molar-refractivity contribution < 1.29 is 13.2 Å². The average molecular weight is 397 g/mol. The van der Waals surface area contributed by atoms with Crippen LogP contribution in [-0.2, 0) is 14.9 Å². The zero-order chi connectivity index (χ0) is 19.1. The molecule has 0 aromatic carbocycles. The normalized spacial score (nSPS) is 30.2. The molecule has 2 atom stereocenters. The Kier molecular flexibility index (Phi) is 5.10. The molecule has 3 aliphatic rings. The molecule has 3 fully saturated rings. The smallest absolute Gasteiger partial charge is 0.282 e. The number of morpholine rings is 1. The van der Waals surface area contributed by atoms with Gasteiger partial charge in [0.2, 0.25) is 0 Å². The molecule has 3 saturated heterocycles. The van der Waals surface area contributed by atoms with Gasteiger partial charge in [0.1, 0.15) is 5.82 Å². The van der Waals surface area contributed by atoms with Gasteiger partial charge < -0.3 is 14.5 Å². The first-order valence-corrected chi connectivity index (χ1v) is 10.8. The van der Waals surface area contributed by atoms with Crippen LogP contribution in [0.25, 0.3) is 0 Å². The Morgan fingerprint density at radius 3 is 2.63 bits per heavy atom. The molecule has 0 radical (unpaired) electrons. The molecule has 1 aromatic rings. The van der Waals surface area contributed by atoms with Crippen molar-refractivity contribution in [2.24, 2.45) is 11.3 Å². The average Bonchev–Trinajstić information content (AvgIpc) is 3.17. The number of anilines is 1. The first-order chi connectivity index (χ1) is 12.9. The largest absolute Gasteiger partial charge is 0.379 e. The Hall–Kier alpha value is -1.33. The molecular formula is C17H28N6O3S. The van der Waals surface area contributed by atoms with Crippen molar-refractivity contribution in [1.29, 1.82) is 0 Å². The lowest BCUT2D eigenvalue weighted by molar-refractivity contribution is 0.0703. The summed E-state index contributed by atoms with van der Waals surface area (Å²) in [6.07, 6.45) is 5.16. The van der Waals surface area contributed by atoms with Crippen LogP contribution in [0.2, 0.25) is 0 Å². The Morgan fingerprint density at radius 1 is 1.19 bits per heavy atom. The van der Waals surface area contributed by atoms with E-state index in [4.69, 9.17) is 4.74 Å². The van der Waals surface area contributed by atoms with Gasteiger partial charge in [-0.05, 0) is 14.1 Å². The van der Waals surface area contributed by atoms with Crippen LogP contribution in [0.3, 0.4) is 0 Å². The van der Waals surface area contributed by atoms with Crippen molar-refractivity contribution in [3.8, 4) is 0 Å². The van der Waals surface area contributed by atoms with Crippen LogP contribution in [-0.4, -0.2) is 105 Å². The predicted molar refractivity (Wildman–Crippen MR) is 102 cm³/mol. The van der Waals surface area contributed by atoms with E-state index < -0.39 is 10.2 Å². The molecule has 27 heavy (non-hydrogen) atoms. The molecule has 0 bridgehead atoms. The number of ether oxygens (including phenoxy) is 1. The Balaban J connectivity index is 1.55. The fraction of sp³-hybridized carbons (Fsp3) is 0.765. The summed E-state index contributed by atoms with van der Waals surface area (Å²) in [5.74, 6) is 1.14. The monoisotopic (exact) mass is 396 g/mol. The zero-order valence-electron chi connectivity index (χ0n) is 16.0. The third-order valence-electron chi connectivity index (χ3n) is 5.86. The Bertz CT molecular complexity index is 755. The van der Waals surface area contributed by atoms with E-state index in [2.05, 4.69) is 33.9 Å². The van der Waals surface area contributed by atoms with Crippen LogP contribution in [0.1, 0.15) is 0 Å². The summed E-state index contributed by atoms with van der Waals surface area (Å²) in [5.41, 5.74) is -0.0968. The van der Waals surface area contributed by atoms with Gasteiger partial charge in [-0.3, -0.25) is 4.98 Å². The summed E-state index contributed by atoms with van der Waals surface area (Å²) < 4.78 is 34.9. The van der Waals surface area contributed by atoms with Gasteiger partial charge >= 0.3 is 0 Å². The molecule has 4 rings (SSSR count). The molecule has 0 saturated carbocycles. The summed E-state index contributed by atoms with van der Waals surface area (Å²) >= 11 is 0.